The maximum atomic E-state index is 5.90. The summed E-state index contributed by atoms with van der Waals surface area (Å²) < 4.78 is 3.42. The molecule has 0 aliphatic heterocycles. The third kappa shape index (κ3) is 2.14. The number of nitrogens with two attached hydrogens (primary N) is 1. The predicted octanol–water partition coefficient (Wildman–Crippen LogP) is 4.56. The van der Waals surface area contributed by atoms with Gasteiger partial charge in [0.25, 0.3) is 0 Å². The molecule has 1 aliphatic rings. The summed E-state index contributed by atoms with van der Waals surface area (Å²) in [6.45, 7) is 2.11. The van der Waals surface area contributed by atoms with Crippen molar-refractivity contribution < 1.29 is 0 Å². The Morgan fingerprint density at radius 3 is 2.71 bits per heavy atom. The van der Waals surface area contributed by atoms with Crippen LogP contribution in [-0.2, 0) is 0 Å². The maximum absolute atomic E-state index is 5.90. The summed E-state index contributed by atoms with van der Waals surface area (Å²) in [6, 6.07) is 12.4. The van der Waals surface area contributed by atoms with Crippen LogP contribution < -0.4 is 5.73 Å². The number of anilines is 1. The Balaban J connectivity index is 2.01. The average Bonchev–Trinajstić information content (AvgIpc) is 3.23. The number of fused-ring (bicyclic) bond motifs is 1. The minimum absolute atomic E-state index is 0.586. The molecule has 4 rings (SSSR count). The van der Waals surface area contributed by atoms with Gasteiger partial charge in [-0.15, -0.1) is 0 Å². The fourth-order valence-corrected chi connectivity index (χ4v) is 3.02. The molecule has 0 atom stereocenters. The van der Waals surface area contributed by atoms with E-state index in [0.29, 0.717) is 5.92 Å². The van der Waals surface area contributed by atoms with Crippen molar-refractivity contribution in [2.75, 3.05) is 5.73 Å². The zero-order chi connectivity index (χ0) is 14.6. The van der Waals surface area contributed by atoms with Crippen LogP contribution in [0.3, 0.4) is 0 Å². The van der Waals surface area contributed by atoms with Crippen molar-refractivity contribution in [3.63, 3.8) is 0 Å². The van der Waals surface area contributed by atoms with Crippen molar-refractivity contribution in [1.82, 2.24) is 9.55 Å². The summed E-state index contributed by atoms with van der Waals surface area (Å²) in [7, 11) is 0. The summed E-state index contributed by atoms with van der Waals surface area (Å²) in [5.74, 6) is 1.75. The van der Waals surface area contributed by atoms with Crippen LogP contribution in [0.4, 0.5) is 5.69 Å². The quantitative estimate of drug-likeness (QED) is 0.694. The smallest absolute Gasteiger partial charge is 0.117 e. The minimum atomic E-state index is 0.586. The van der Waals surface area contributed by atoms with Crippen molar-refractivity contribution in [3.8, 4) is 5.69 Å². The second kappa shape index (κ2) is 4.60. The molecule has 0 saturated heterocycles. The standard InChI is InChI=1S/C17H16BrN3/c1-10-8-13(5-6-14(10)18)21-16-7-4-12(19)9-15(16)20-17(21)11-2-3-11/h4-9,11H,2-3,19H2,1H3. The van der Waals surface area contributed by atoms with Gasteiger partial charge in [-0.3, -0.25) is 4.57 Å². The lowest BCUT2D eigenvalue weighted by atomic mass is 10.2. The molecule has 1 aromatic heterocycles. The van der Waals surface area contributed by atoms with Crippen LogP contribution in [0, 0.1) is 6.92 Å². The van der Waals surface area contributed by atoms with Crippen LogP contribution >= 0.6 is 15.9 Å². The lowest BCUT2D eigenvalue weighted by Crippen LogP contribution is -2.00. The lowest BCUT2D eigenvalue weighted by molar-refractivity contribution is 0.895. The van der Waals surface area contributed by atoms with Crippen LogP contribution in [-0.4, -0.2) is 9.55 Å². The minimum Gasteiger partial charge on any atom is -0.399 e. The van der Waals surface area contributed by atoms with Gasteiger partial charge >= 0.3 is 0 Å². The van der Waals surface area contributed by atoms with Crippen LogP contribution in [0.15, 0.2) is 40.9 Å². The van der Waals surface area contributed by atoms with E-state index in [4.69, 9.17) is 10.7 Å². The number of aromatic nitrogens is 2. The highest BCUT2D eigenvalue weighted by Gasteiger charge is 2.30. The second-order valence-electron chi connectivity index (χ2n) is 5.76. The van der Waals surface area contributed by atoms with Gasteiger partial charge in [0, 0.05) is 21.8 Å². The van der Waals surface area contributed by atoms with E-state index in [-0.39, 0.29) is 0 Å². The highest BCUT2D eigenvalue weighted by molar-refractivity contribution is 9.10. The Morgan fingerprint density at radius 1 is 1.19 bits per heavy atom. The third-order valence-electron chi connectivity index (χ3n) is 4.05. The van der Waals surface area contributed by atoms with E-state index in [1.54, 1.807) is 0 Å². The van der Waals surface area contributed by atoms with Gasteiger partial charge < -0.3 is 5.73 Å². The number of halogens is 1. The Hall–Kier alpha value is -1.81. The van der Waals surface area contributed by atoms with E-state index >= 15 is 0 Å². The zero-order valence-corrected chi connectivity index (χ0v) is 13.4. The summed E-state index contributed by atoms with van der Waals surface area (Å²) in [6.07, 6.45) is 2.46. The molecule has 1 fully saturated rings. The first-order valence-corrected chi connectivity index (χ1v) is 7.97. The van der Waals surface area contributed by atoms with E-state index in [1.807, 2.05) is 12.1 Å². The van der Waals surface area contributed by atoms with Gasteiger partial charge in [0.1, 0.15) is 5.82 Å². The molecule has 3 nitrogen and oxygen atoms in total. The van der Waals surface area contributed by atoms with E-state index in [0.717, 1.165) is 27.0 Å². The Morgan fingerprint density at radius 2 is 2.00 bits per heavy atom. The molecule has 3 aromatic rings. The van der Waals surface area contributed by atoms with Crippen molar-refractivity contribution in [2.24, 2.45) is 0 Å². The van der Waals surface area contributed by atoms with Gasteiger partial charge in [-0.05, 0) is 61.7 Å². The van der Waals surface area contributed by atoms with Gasteiger partial charge in [0.05, 0.1) is 11.0 Å². The molecule has 2 aromatic carbocycles. The molecule has 0 unspecified atom stereocenters. The summed E-state index contributed by atoms with van der Waals surface area (Å²) >= 11 is 3.57. The molecule has 21 heavy (non-hydrogen) atoms. The molecule has 1 aliphatic carbocycles. The Labute approximate surface area is 131 Å². The Kier molecular flexibility index (Phi) is 2.82. The molecule has 4 heteroatoms. The van der Waals surface area contributed by atoms with Gasteiger partial charge in [-0.2, -0.15) is 0 Å². The van der Waals surface area contributed by atoms with E-state index in [2.05, 4.69) is 51.7 Å². The van der Waals surface area contributed by atoms with Gasteiger partial charge in [0.15, 0.2) is 0 Å². The Bertz CT molecular complexity index is 847. The molecule has 1 saturated carbocycles. The highest BCUT2D eigenvalue weighted by Crippen LogP contribution is 2.42. The van der Waals surface area contributed by atoms with E-state index in [9.17, 15) is 0 Å². The van der Waals surface area contributed by atoms with Crippen LogP contribution in [0.5, 0.6) is 0 Å². The first-order chi connectivity index (χ1) is 10.1. The fourth-order valence-electron chi connectivity index (χ4n) is 2.77. The van der Waals surface area contributed by atoms with Crippen LogP contribution in [0.25, 0.3) is 16.7 Å². The monoisotopic (exact) mass is 341 g/mol. The van der Waals surface area contributed by atoms with Gasteiger partial charge in [-0.1, -0.05) is 15.9 Å². The molecule has 0 radical (unpaired) electrons. The number of benzene rings is 2. The first-order valence-electron chi connectivity index (χ1n) is 7.18. The number of imidazole rings is 1. The van der Waals surface area contributed by atoms with Crippen LogP contribution in [0.2, 0.25) is 0 Å². The lowest BCUT2D eigenvalue weighted by Gasteiger charge is -2.10. The molecule has 1 heterocycles. The van der Waals surface area contributed by atoms with Crippen molar-refractivity contribution in [3.05, 3.63) is 52.3 Å². The zero-order valence-electron chi connectivity index (χ0n) is 11.8. The van der Waals surface area contributed by atoms with Crippen molar-refractivity contribution in [1.29, 1.82) is 0 Å². The molecule has 0 amide bonds. The number of nitrogens with zero attached hydrogens (tertiary/aromatic N) is 2. The number of hydrogen-bond donors (Lipinski definition) is 1. The number of nitrogen functional groups attached to an aromatic ring is 1. The largest absolute Gasteiger partial charge is 0.399 e. The van der Waals surface area contributed by atoms with Gasteiger partial charge in [0.2, 0.25) is 0 Å². The molecule has 0 bridgehead atoms. The van der Waals surface area contributed by atoms with Crippen molar-refractivity contribution in [2.45, 2.75) is 25.7 Å². The molecular formula is C17H16BrN3. The van der Waals surface area contributed by atoms with Crippen LogP contribution in [0.1, 0.15) is 30.1 Å². The number of hydrogen-bond acceptors (Lipinski definition) is 2. The predicted molar refractivity (Wildman–Crippen MR) is 89.9 cm³/mol. The van der Waals surface area contributed by atoms with Gasteiger partial charge in [-0.25, -0.2) is 4.98 Å². The topological polar surface area (TPSA) is 43.8 Å². The first kappa shape index (κ1) is 12.9. The summed E-state index contributed by atoms with van der Waals surface area (Å²) in [5, 5.41) is 0. The molecule has 0 spiro atoms. The molecule has 106 valence electrons. The second-order valence-corrected chi connectivity index (χ2v) is 6.62. The van der Waals surface area contributed by atoms with Crippen molar-refractivity contribution >= 4 is 32.7 Å². The van der Waals surface area contributed by atoms with E-state index in [1.165, 1.54) is 24.1 Å². The maximum Gasteiger partial charge on any atom is 0.117 e. The fraction of sp³-hybridized carbons (Fsp3) is 0.235. The molecule has 2 N–H and O–H groups in total. The van der Waals surface area contributed by atoms with E-state index < -0.39 is 0 Å². The summed E-state index contributed by atoms with van der Waals surface area (Å²) in [4.78, 5) is 4.84. The highest BCUT2D eigenvalue weighted by atomic mass is 79.9. The molecular weight excluding hydrogens is 326 g/mol. The number of aryl methyl sites for hydroxylation is 1. The number of rotatable bonds is 2. The average molecular weight is 342 g/mol. The SMILES string of the molecule is Cc1cc(-n2c(C3CC3)nc3cc(N)ccc32)ccc1Br. The third-order valence-corrected chi connectivity index (χ3v) is 4.94. The normalized spacial score (nSPS) is 14.8. The summed E-state index contributed by atoms with van der Waals surface area (Å²) in [5.41, 5.74) is 11.2.